The van der Waals surface area contributed by atoms with Crippen LogP contribution in [0.2, 0.25) is 10.0 Å². The first-order valence-electron chi connectivity index (χ1n) is 4.99. The van der Waals surface area contributed by atoms with Crippen molar-refractivity contribution in [2.75, 3.05) is 13.1 Å². The second-order valence-corrected chi connectivity index (χ2v) is 4.76. The smallest absolute Gasteiger partial charge is 0.0679 e. The Bertz CT molecular complexity index is 356. The van der Waals surface area contributed by atoms with Crippen molar-refractivity contribution in [1.29, 1.82) is 0 Å². The van der Waals surface area contributed by atoms with Gasteiger partial charge in [-0.05, 0) is 30.2 Å². The van der Waals surface area contributed by atoms with E-state index < -0.39 is 0 Å². The Morgan fingerprint density at radius 3 is 2.87 bits per heavy atom. The van der Waals surface area contributed by atoms with Crippen molar-refractivity contribution in [3.8, 4) is 0 Å². The summed E-state index contributed by atoms with van der Waals surface area (Å²) >= 11 is 12.0. The predicted octanol–water partition coefficient (Wildman–Crippen LogP) is 2.56. The van der Waals surface area contributed by atoms with E-state index in [9.17, 15) is 5.11 Å². The highest BCUT2D eigenvalue weighted by molar-refractivity contribution is 6.33. The molecular weight excluding hydrogens is 233 g/mol. The van der Waals surface area contributed by atoms with Gasteiger partial charge in [0.1, 0.15) is 0 Å². The van der Waals surface area contributed by atoms with Crippen molar-refractivity contribution >= 4 is 23.2 Å². The zero-order valence-corrected chi connectivity index (χ0v) is 9.80. The first kappa shape index (κ1) is 11.2. The second-order valence-electron chi connectivity index (χ2n) is 3.91. The van der Waals surface area contributed by atoms with E-state index in [-0.39, 0.29) is 6.10 Å². The van der Waals surface area contributed by atoms with Crippen LogP contribution in [0.4, 0.5) is 0 Å². The summed E-state index contributed by atoms with van der Waals surface area (Å²) in [6.45, 7) is 2.41. The number of hydrogen-bond acceptors (Lipinski definition) is 2. The van der Waals surface area contributed by atoms with Gasteiger partial charge < -0.3 is 5.11 Å². The van der Waals surface area contributed by atoms with Crippen LogP contribution in [0.1, 0.15) is 12.0 Å². The normalized spacial score (nSPS) is 22.2. The zero-order chi connectivity index (χ0) is 10.8. The highest BCUT2D eigenvalue weighted by Gasteiger charge is 2.20. The van der Waals surface area contributed by atoms with Gasteiger partial charge in [-0.1, -0.05) is 23.2 Å². The van der Waals surface area contributed by atoms with Gasteiger partial charge in [-0.25, -0.2) is 0 Å². The average molecular weight is 246 g/mol. The number of aliphatic hydroxyl groups is 1. The van der Waals surface area contributed by atoms with Crippen LogP contribution in [0.25, 0.3) is 0 Å². The largest absolute Gasteiger partial charge is 0.392 e. The van der Waals surface area contributed by atoms with E-state index in [1.807, 2.05) is 12.1 Å². The number of β-amino-alcohol motifs (C(OH)–C–C–N with tert-alkyl or cyclic N) is 1. The molecule has 1 atom stereocenters. The van der Waals surface area contributed by atoms with Crippen LogP contribution < -0.4 is 0 Å². The zero-order valence-electron chi connectivity index (χ0n) is 8.29. The molecule has 1 N–H and O–H groups in total. The summed E-state index contributed by atoms with van der Waals surface area (Å²) in [4.78, 5) is 2.18. The van der Waals surface area contributed by atoms with E-state index >= 15 is 0 Å². The molecule has 1 aliphatic rings. The molecule has 0 spiro atoms. The number of halogens is 2. The molecule has 1 saturated heterocycles. The molecule has 1 aromatic carbocycles. The lowest BCUT2D eigenvalue weighted by Crippen LogP contribution is -2.21. The van der Waals surface area contributed by atoms with Crippen LogP contribution in [0, 0.1) is 0 Å². The number of rotatable bonds is 2. The highest BCUT2D eigenvalue weighted by Crippen LogP contribution is 2.23. The van der Waals surface area contributed by atoms with Crippen molar-refractivity contribution < 1.29 is 5.11 Å². The Morgan fingerprint density at radius 1 is 1.40 bits per heavy atom. The molecular formula is C11H13Cl2NO. The highest BCUT2D eigenvalue weighted by atomic mass is 35.5. The summed E-state index contributed by atoms with van der Waals surface area (Å²) in [7, 11) is 0. The molecule has 15 heavy (non-hydrogen) atoms. The van der Waals surface area contributed by atoms with Gasteiger partial charge in [0, 0.05) is 29.7 Å². The van der Waals surface area contributed by atoms with Crippen molar-refractivity contribution in [3.05, 3.63) is 33.8 Å². The molecule has 0 saturated carbocycles. The summed E-state index contributed by atoms with van der Waals surface area (Å²) in [5.74, 6) is 0. The fourth-order valence-corrected chi connectivity index (χ4v) is 2.23. The lowest BCUT2D eigenvalue weighted by molar-refractivity contribution is 0.175. The van der Waals surface area contributed by atoms with Crippen LogP contribution in [0.3, 0.4) is 0 Å². The summed E-state index contributed by atoms with van der Waals surface area (Å²) in [5, 5.41) is 10.8. The van der Waals surface area contributed by atoms with Gasteiger partial charge in [0.15, 0.2) is 0 Å². The van der Waals surface area contributed by atoms with Crippen LogP contribution in [0.15, 0.2) is 18.2 Å². The van der Waals surface area contributed by atoms with Gasteiger partial charge in [0.2, 0.25) is 0 Å². The number of nitrogens with zero attached hydrogens (tertiary/aromatic N) is 1. The maximum absolute atomic E-state index is 9.40. The van der Waals surface area contributed by atoms with Crippen molar-refractivity contribution in [1.82, 2.24) is 4.90 Å². The van der Waals surface area contributed by atoms with Gasteiger partial charge in [0.25, 0.3) is 0 Å². The average Bonchev–Trinajstić information content (AvgIpc) is 2.58. The molecule has 0 bridgehead atoms. The standard InChI is InChI=1S/C11H13Cl2NO/c12-9-1-2-11(13)8(5-9)6-14-4-3-10(15)7-14/h1-2,5,10,15H,3-4,6-7H2/t10-/m1/s1. The van der Waals surface area contributed by atoms with Crippen LogP contribution in [-0.4, -0.2) is 29.2 Å². The molecule has 2 nitrogen and oxygen atoms in total. The summed E-state index contributed by atoms with van der Waals surface area (Å²) < 4.78 is 0. The minimum absolute atomic E-state index is 0.192. The van der Waals surface area contributed by atoms with Gasteiger partial charge in [-0.3, -0.25) is 4.90 Å². The number of hydrogen-bond donors (Lipinski definition) is 1. The number of aliphatic hydroxyl groups excluding tert-OH is 1. The monoisotopic (exact) mass is 245 g/mol. The third kappa shape index (κ3) is 2.85. The lowest BCUT2D eigenvalue weighted by atomic mass is 10.2. The Labute approximate surface area is 99.4 Å². The van der Waals surface area contributed by atoms with E-state index in [2.05, 4.69) is 4.90 Å². The van der Waals surface area contributed by atoms with E-state index in [1.54, 1.807) is 6.07 Å². The van der Waals surface area contributed by atoms with Crippen LogP contribution in [-0.2, 0) is 6.54 Å². The maximum atomic E-state index is 9.40. The first-order chi connectivity index (χ1) is 7.15. The Balaban J connectivity index is 2.07. The summed E-state index contributed by atoms with van der Waals surface area (Å²) in [6.07, 6.45) is 0.654. The minimum atomic E-state index is -0.192. The lowest BCUT2D eigenvalue weighted by Gasteiger charge is -2.15. The molecule has 1 fully saturated rings. The molecule has 0 amide bonds. The molecule has 0 aromatic heterocycles. The van der Waals surface area contributed by atoms with Crippen LogP contribution in [0.5, 0.6) is 0 Å². The van der Waals surface area contributed by atoms with Crippen LogP contribution >= 0.6 is 23.2 Å². The third-order valence-electron chi connectivity index (χ3n) is 2.65. The molecule has 82 valence electrons. The third-order valence-corrected chi connectivity index (χ3v) is 3.25. The van der Waals surface area contributed by atoms with Gasteiger partial charge in [-0.2, -0.15) is 0 Å². The van der Waals surface area contributed by atoms with E-state index in [4.69, 9.17) is 23.2 Å². The topological polar surface area (TPSA) is 23.5 Å². The Hall–Kier alpha value is -0.280. The fourth-order valence-electron chi connectivity index (χ4n) is 1.86. The van der Waals surface area contributed by atoms with E-state index in [1.165, 1.54) is 0 Å². The van der Waals surface area contributed by atoms with Gasteiger partial charge in [-0.15, -0.1) is 0 Å². The Morgan fingerprint density at radius 2 is 2.20 bits per heavy atom. The molecule has 1 heterocycles. The SMILES string of the molecule is O[C@@H]1CCN(Cc2cc(Cl)ccc2Cl)C1. The molecule has 2 rings (SSSR count). The van der Waals surface area contributed by atoms with Crippen molar-refractivity contribution in [2.45, 2.75) is 19.1 Å². The first-order valence-corrected chi connectivity index (χ1v) is 5.75. The number of likely N-dealkylation sites (tertiary alicyclic amines) is 1. The Kier molecular flexibility index (Phi) is 3.52. The summed E-state index contributed by atoms with van der Waals surface area (Å²) in [6, 6.07) is 5.48. The molecule has 1 aliphatic heterocycles. The minimum Gasteiger partial charge on any atom is -0.392 e. The quantitative estimate of drug-likeness (QED) is 0.866. The molecule has 0 radical (unpaired) electrons. The molecule has 0 unspecified atom stereocenters. The predicted molar refractivity (Wildman–Crippen MR) is 62.4 cm³/mol. The second kappa shape index (κ2) is 4.71. The van der Waals surface area contributed by atoms with Gasteiger partial charge in [0.05, 0.1) is 6.10 Å². The summed E-state index contributed by atoms with van der Waals surface area (Å²) in [5.41, 5.74) is 1.03. The van der Waals surface area contributed by atoms with E-state index in [0.29, 0.717) is 5.02 Å². The number of benzene rings is 1. The molecule has 0 aliphatic carbocycles. The van der Waals surface area contributed by atoms with Crippen molar-refractivity contribution in [3.63, 3.8) is 0 Å². The van der Waals surface area contributed by atoms with Crippen molar-refractivity contribution in [2.24, 2.45) is 0 Å². The molecule has 1 aromatic rings. The van der Waals surface area contributed by atoms with Gasteiger partial charge >= 0.3 is 0 Å². The van der Waals surface area contributed by atoms with E-state index in [0.717, 1.165) is 36.6 Å². The molecule has 4 heteroatoms. The fraction of sp³-hybridized carbons (Fsp3) is 0.455. The maximum Gasteiger partial charge on any atom is 0.0679 e.